The number of hydrogen-bond acceptors (Lipinski definition) is 1. The van der Waals surface area contributed by atoms with Crippen LogP contribution in [-0.4, -0.2) is 12.6 Å². The minimum Gasteiger partial charge on any atom is -0.304 e. The summed E-state index contributed by atoms with van der Waals surface area (Å²) < 4.78 is 0. The molecule has 1 aliphatic rings. The predicted molar refractivity (Wildman–Crippen MR) is 66.7 cm³/mol. The number of terminal acetylenes is 1. The van der Waals surface area contributed by atoms with E-state index >= 15 is 0 Å². The molecule has 1 rings (SSSR count). The molecule has 0 heterocycles. The lowest BCUT2D eigenvalue weighted by molar-refractivity contribution is 0.190. The normalized spacial score (nSPS) is 21.5. The Bertz CT molecular complexity index is 218. The van der Waals surface area contributed by atoms with Crippen LogP contribution in [0.3, 0.4) is 0 Å². The lowest BCUT2D eigenvalue weighted by Gasteiger charge is -2.36. The van der Waals surface area contributed by atoms with E-state index in [-0.39, 0.29) is 6.04 Å². The molecule has 0 spiro atoms. The third-order valence-corrected chi connectivity index (χ3v) is 3.60. The maximum absolute atomic E-state index is 5.69. The molecule has 0 bridgehead atoms. The molecule has 1 aliphatic carbocycles. The molecule has 1 fully saturated rings. The second-order valence-electron chi connectivity index (χ2n) is 5.32. The van der Waals surface area contributed by atoms with Gasteiger partial charge in [-0.2, -0.15) is 0 Å². The van der Waals surface area contributed by atoms with Crippen molar-refractivity contribution in [1.82, 2.24) is 5.32 Å². The van der Waals surface area contributed by atoms with Crippen molar-refractivity contribution in [3.63, 3.8) is 0 Å². The Labute approximate surface area is 95.0 Å². The molecule has 0 aliphatic heterocycles. The molecule has 0 aromatic rings. The highest BCUT2D eigenvalue weighted by Gasteiger charge is 2.40. The number of rotatable bonds is 5. The Kier molecular flexibility index (Phi) is 4.67. The molecular formula is C14H25N. The van der Waals surface area contributed by atoms with Gasteiger partial charge in [-0.1, -0.05) is 39.5 Å². The highest BCUT2D eigenvalue weighted by atomic mass is 14.9. The van der Waals surface area contributed by atoms with Crippen LogP contribution in [0.4, 0.5) is 0 Å². The van der Waals surface area contributed by atoms with Crippen LogP contribution in [-0.2, 0) is 0 Å². The van der Waals surface area contributed by atoms with Crippen molar-refractivity contribution >= 4 is 0 Å². The van der Waals surface area contributed by atoms with Gasteiger partial charge in [0.15, 0.2) is 0 Å². The van der Waals surface area contributed by atoms with Gasteiger partial charge in [-0.05, 0) is 37.1 Å². The van der Waals surface area contributed by atoms with Crippen LogP contribution in [0.25, 0.3) is 0 Å². The van der Waals surface area contributed by atoms with Gasteiger partial charge >= 0.3 is 0 Å². The molecule has 86 valence electrons. The molecule has 0 radical (unpaired) electrons. The summed E-state index contributed by atoms with van der Waals surface area (Å²) in [6.07, 6.45) is 12.3. The van der Waals surface area contributed by atoms with Crippen molar-refractivity contribution < 1.29 is 0 Å². The van der Waals surface area contributed by atoms with Crippen molar-refractivity contribution in [3.8, 4) is 12.3 Å². The van der Waals surface area contributed by atoms with E-state index in [0.29, 0.717) is 5.41 Å². The molecule has 0 saturated heterocycles. The van der Waals surface area contributed by atoms with Gasteiger partial charge in [0.2, 0.25) is 0 Å². The summed E-state index contributed by atoms with van der Waals surface area (Å²) in [5.41, 5.74) is 0.388. The largest absolute Gasteiger partial charge is 0.304 e. The van der Waals surface area contributed by atoms with Crippen LogP contribution in [0, 0.1) is 23.7 Å². The van der Waals surface area contributed by atoms with Crippen molar-refractivity contribution in [2.24, 2.45) is 11.3 Å². The van der Waals surface area contributed by atoms with E-state index in [9.17, 15) is 0 Å². The molecule has 1 N–H and O–H groups in total. The van der Waals surface area contributed by atoms with Gasteiger partial charge in [0.1, 0.15) is 0 Å². The maximum Gasteiger partial charge on any atom is 0.0743 e. The highest BCUT2D eigenvalue weighted by Crippen LogP contribution is 2.45. The van der Waals surface area contributed by atoms with Crippen molar-refractivity contribution in [2.75, 3.05) is 6.54 Å². The van der Waals surface area contributed by atoms with Crippen molar-refractivity contribution in [1.29, 1.82) is 0 Å². The minimum atomic E-state index is 0.285. The second-order valence-corrected chi connectivity index (χ2v) is 5.32. The van der Waals surface area contributed by atoms with E-state index in [2.05, 4.69) is 32.0 Å². The van der Waals surface area contributed by atoms with Gasteiger partial charge in [0, 0.05) is 0 Å². The second kappa shape index (κ2) is 5.56. The van der Waals surface area contributed by atoms with Crippen LogP contribution in [0.5, 0.6) is 0 Å². The first kappa shape index (κ1) is 12.6. The van der Waals surface area contributed by atoms with Crippen LogP contribution in [0.1, 0.15) is 52.9 Å². The molecule has 0 aromatic carbocycles. The van der Waals surface area contributed by atoms with Gasteiger partial charge in [-0.25, -0.2) is 0 Å². The predicted octanol–water partition coefficient (Wildman–Crippen LogP) is 3.20. The van der Waals surface area contributed by atoms with Crippen LogP contribution in [0.15, 0.2) is 0 Å². The summed E-state index contributed by atoms with van der Waals surface area (Å²) >= 11 is 0. The Morgan fingerprint density at radius 1 is 1.33 bits per heavy atom. The summed E-state index contributed by atoms with van der Waals surface area (Å²) in [4.78, 5) is 0. The van der Waals surface area contributed by atoms with E-state index in [4.69, 9.17) is 6.42 Å². The first-order valence-electron chi connectivity index (χ1n) is 6.34. The van der Waals surface area contributed by atoms with Gasteiger partial charge in [0.25, 0.3) is 0 Å². The molecule has 1 atom stereocenters. The van der Waals surface area contributed by atoms with E-state index in [1.54, 1.807) is 0 Å². The Balaban J connectivity index is 2.74. The summed E-state index contributed by atoms with van der Waals surface area (Å²) in [5.74, 6) is 3.73. The van der Waals surface area contributed by atoms with E-state index in [1.165, 1.54) is 32.1 Å². The molecule has 1 saturated carbocycles. The SMILES string of the molecule is C#CC(NCC)C1(CC(C)C)CCCC1. The number of nitrogens with one attached hydrogen (secondary N) is 1. The van der Waals surface area contributed by atoms with Crippen LogP contribution < -0.4 is 5.32 Å². The summed E-state index contributed by atoms with van der Waals surface area (Å²) in [5, 5.41) is 3.48. The monoisotopic (exact) mass is 207 g/mol. The van der Waals surface area contributed by atoms with Crippen molar-refractivity contribution in [3.05, 3.63) is 0 Å². The molecule has 0 amide bonds. The van der Waals surface area contributed by atoms with Gasteiger partial charge in [-0.3, -0.25) is 0 Å². The number of hydrogen-bond donors (Lipinski definition) is 1. The van der Waals surface area contributed by atoms with Gasteiger partial charge in [-0.15, -0.1) is 6.42 Å². The Morgan fingerprint density at radius 3 is 2.33 bits per heavy atom. The summed E-state index contributed by atoms with van der Waals surface area (Å²) in [7, 11) is 0. The van der Waals surface area contributed by atoms with E-state index in [0.717, 1.165) is 12.5 Å². The average molecular weight is 207 g/mol. The maximum atomic E-state index is 5.69. The van der Waals surface area contributed by atoms with E-state index < -0.39 is 0 Å². The molecule has 1 heteroatoms. The lowest BCUT2D eigenvalue weighted by Crippen LogP contribution is -2.43. The third kappa shape index (κ3) is 2.98. The molecule has 1 nitrogen and oxygen atoms in total. The van der Waals surface area contributed by atoms with E-state index in [1.807, 2.05) is 0 Å². The first-order valence-corrected chi connectivity index (χ1v) is 6.34. The smallest absolute Gasteiger partial charge is 0.0743 e. The molecule has 1 unspecified atom stereocenters. The van der Waals surface area contributed by atoms with Crippen molar-refractivity contribution in [2.45, 2.75) is 58.9 Å². The van der Waals surface area contributed by atoms with Crippen LogP contribution >= 0.6 is 0 Å². The third-order valence-electron chi connectivity index (χ3n) is 3.60. The average Bonchev–Trinajstić information content (AvgIpc) is 2.62. The molecule has 15 heavy (non-hydrogen) atoms. The Hall–Kier alpha value is -0.480. The van der Waals surface area contributed by atoms with Gasteiger partial charge in [0.05, 0.1) is 6.04 Å². The first-order chi connectivity index (χ1) is 7.14. The Morgan fingerprint density at radius 2 is 1.93 bits per heavy atom. The fourth-order valence-corrected chi connectivity index (χ4v) is 3.16. The quantitative estimate of drug-likeness (QED) is 0.683. The fourth-order valence-electron chi connectivity index (χ4n) is 3.16. The van der Waals surface area contributed by atoms with Gasteiger partial charge < -0.3 is 5.32 Å². The lowest BCUT2D eigenvalue weighted by atomic mass is 9.73. The minimum absolute atomic E-state index is 0.285. The zero-order valence-electron chi connectivity index (χ0n) is 10.5. The standard InChI is InChI=1S/C14H25N/c1-5-13(15-6-2)14(11-12(3)4)9-7-8-10-14/h1,12-13,15H,6-11H2,2-4H3. The summed E-state index contributed by atoms with van der Waals surface area (Å²) in [6.45, 7) is 7.73. The molecular weight excluding hydrogens is 182 g/mol. The highest BCUT2D eigenvalue weighted by molar-refractivity contribution is 5.10. The van der Waals surface area contributed by atoms with Crippen LogP contribution in [0.2, 0.25) is 0 Å². The topological polar surface area (TPSA) is 12.0 Å². The zero-order chi connectivity index (χ0) is 11.3. The molecule has 0 aromatic heterocycles. The summed E-state index contributed by atoms with van der Waals surface area (Å²) in [6, 6.07) is 0.285. The zero-order valence-corrected chi connectivity index (χ0v) is 10.5. The fraction of sp³-hybridized carbons (Fsp3) is 0.857.